The van der Waals surface area contributed by atoms with Gasteiger partial charge < -0.3 is 14.4 Å². The maximum Gasteiger partial charge on any atom is 0.236 e. The van der Waals surface area contributed by atoms with Crippen LogP contribution < -0.4 is 4.90 Å². The molecule has 0 aliphatic carbocycles. The predicted octanol–water partition coefficient (Wildman–Crippen LogP) is 4.81. The van der Waals surface area contributed by atoms with Crippen molar-refractivity contribution in [3.05, 3.63) is 119 Å². The van der Waals surface area contributed by atoms with Gasteiger partial charge in [-0.1, -0.05) is 72.3 Å². The molecule has 4 rings (SSSR count). The smallest absolute Gasteiger partial charge is 0.236 e. The van der Waals surface area contributed by atoms with Crippen LogP contribution in [0.25, 0.3) is 0 Å². The zero-order valence-corrected chi connectivity index (χ0v) is 20.1. The van der Waals surface area contributed by atoms with Gasteiger partial charge in [0.1, 0.15) is 6.54 Å². The summed E-state index contributed by atoms with van der Waals surface area (Å²) in [7, 11) is 2.15. The number of aromatic nitrogens is 1. The van der Waals surface area contributed by atoms with Crippen LogP contribution in [0.5, 0.6) is 0 Å². The zero-order valence-electron chi connectivity index (χ0n) is 18.6. The highest BCUT2D eigenvalue weighted by atomic mass is 35.5. The summed E-state index contributed by atoms with van der Waals surface area (Å²) in [5.74, 6) is 2.10. The minimum atomic E-state index is -1.44. The van der Waals surface area contributed by atoms with Gasteiger partial charge in [-0.25, -0.2) is 4.98 Å². The minimum absolute atomic E-state index is 0.293. The third-order valence-electron chi connectivity index (χ3n) is 5.55. The number of rotatable bonds is 10. The fourth-order valence-corrected chi connectivity index (χ4v) is 4.79. The Balaban J connectivity index is 1.40. The molecule has 3 aromatic carbocycles. The molecule has 4 aromatic rings. The molecule has 0 saturated heterocycles. The average Bonchev–Trinajstić information content (AvgIpc) is 3.32. The quantitative estimate of drug-likeness (QED) is 0.253. The molecule has 1 atom stereocenters. The van der Waals surface area contributed by atoms with E-state index in [0.29, 0.717) is 12.4 Å². The molecule has 6 heteroatoms. The molecule has 0 aliphatic heterocycles. The molecule has 33 heavy (non-hydrogen) atoms. The molecule has 170 valence electrons. The van der Waals surface area contributed by atoms with Crippen molar-refractivity contribution in [1.82, 2.24) is 4.98 Å². The van der Waals surface area contributed by atoms with Crippen molar-refractivity contribution < 1.29 is 14.4 Å². The van der Waals surface area contributed by atoms with Crippen LogP contribution in [0.3, 0.4) is 0 Å². The molecule has 1 heterocycles. The molecule has 0 bridgehead atoms. The van der Waals surface area contributed by atoms with Crippen molar-refractivity contribution in [2.45, 2.75) is 23.5 Å². The summed E-state index contributed by atoms with van der Waals surface area (Å²) >= 11 is 7.79. The van der Waals surface area contributed by atoms with Crippen LogP contribution >= 0.6 is 23.4 Å². The molecule has 1 unspecified atom stereocenters. The lowest BCUT2D eigenvalue weighted by atomic mass is 9.86. The van der Waals surface area contributed by atoms with Gasteiger partial charge in [-0.3, -0.25) is 0 Å². The second-order valence-electron chi connectivity index (χ2n) is 8.11. The first-order valence-electron chi connectivity index (χ1n) is 11.0. The Morgan fingerprint density at radius 2 is 1.55 bits per heavy atom. The fourth-order valence-electron chi connectivity index (χ4n) is 3.81. The topological polar surface area (TPSA) is 50.7 Å². The lowest BCUT2D eigenvalue weighted by Gasteiger charge is -2.26. The highest BCUT2D eigenvalue weighted by Crippen LogP contribution is 2.36. The zero-order chi connectivity index (χ0) is 23.1. The fraction of sp³-hybridized carbons (Fsp3) is 0.222. The number of hydrogen-bond donors (Lipinski definition) is 2. The van der Waals surface area contributed by atoms with Crippen molar-refractivity contribution in [3.8, 4) is 0 Å². The second-order valence-corrected chi connectivity index (χ2v) is 9.72. The third kappa shape index (κ3) is 5.87. The van der Waals surface area contributed by atoms with Crippen LogP contribution in [0.15, 0.2) is 100 Å². The molecule has 0 spiro atoms. The van der Waals surface area contributed by atoms with Gasteiger partial charge in [0.2, 0.25) is 5.89 Å². The van der Waals surface area contributed by atoms with E-state index in [1.807, 2.05) is 84.6 Å². The Labute approximate surface area is 204 Å². The molecular formula is C27H28ClN2O2S+. The van der Waals surface area contributed by atoms with Crippen molar-refractivity contribution >= 4 is 23.4 Å². The summed E-state index contributed by atoms with van der Waals surface area (Å²) in [4.78, 5) is 7.06. The highest BCUT2D eigenvalue weighted by molar-refractivity contribution is 7.99. The largest absolute Gasteiger partial charge is 0.436 e. The number of benzene rings is 3. The number of aliphatic hydroxyl groups is 1. The van der Waals surface area contributed by atoms with E-state index in [1.165, 1.54) is 9.80 Å². The molecule has 0 radical (unpaired) electrons. The van der Waals surface area contributed by atoms with Crippen LogP contribution in [0, 0.1) is 0 Å². The molecule has 0 aliphatic rings. The Hall–Kier alpha value is -2.57. The molecule has 0 amide bonds. The van der Waals surface area contributed by atoms with Crippen molar-refractivity contribution in [2.75, 3.05) is 19.3 Å². The summed E-state index contributed by atoms with van der Waals surface area (Å²) in [5, 5.41) is 12.6. The number of hydrogen-bond acceptors (Lipinski definition) is 4. The molecule has 0 saturated carbocycles. The number of halogens is 1. The van der Waals surface area contributed by atoms with E-state index in [1.54, 1.807) is 6.20 Å². The normalized spacial score (nSPS) is 12.6. The Morgan fingerprint density at radius 1 is 0.939 bits per heavy atom. The highest BCUT2D eigenvalue weighted by Gasteiger charge is 2.38. The molecule has 4 nitrogen and oxygen atoms in total. The van der Waals surface area contributed by atoms with Gasteiger partial charge in [0.25, 0.3) is 0 Å². The summed E-state index contributed by atoms with van der Waals surface area (Å²) < 4.78 is 6.12. The van der Waals surface area contributed by atoms with Crippen molar-refractivity contribution in [2.24, 2.45) is 0 Å². The minimum Gasteiger partial charge on any atom is -0.436 e. The van der Waals surface area contributed by atoms with Gasteiger partial charge in [-0.15, -0.1) is 11.8 Å². The number of thioether (sulfide) groups is 1. The van der Waals surface area contributed by atoms with Gasteiger partial charge >= 0.3 is 0 Å². The van der Waals surface area contributed by atoms with Gasteiger partial charge in [-0.2, -0.15) is 0 Å². The van der Waals surface area contributed by atoms with E-state index in [-0.39, 0.29) is 0 Å². The average molecular weight is 480 g/mol. The monoisotopic (exact) mass is 479 g/mol. The molecular weight excluding hydrogens is 452 g/mol. The van der Waals surface area contributed by atoms with Crippen LogP contribution in [-0.2, 0) is 12.1 Å². The van der Waals surface area contributed by atoms with Gasteiger partial charge in [0.05, 0.1) is 19.8 Å². The van der Waals surface area contributed by atoms with Crippen molar-refractivity contribution in [1.29, 1.82) is 0 Å². The summed E-state index contributed by atoms with van der Waals surface area (Å²) in [6.45, 7) is 1.72. The number of nitrogens with zero attached hydrogens (tertiary/aromatic N) is 1. The number of quaternary nitrogens is 1. The second kappa shape index (κ2) is 11.0. The van der Waals surface area contributed by atoms with E-state index in [2.05, 4.69) is 24.2 Å². The van der Waals surface area contributed by atoms with E-state index < -0.39 is 5.60 Å². The van der Waals surface area contributed by atoms with E-state index >= 15 is 0 Å². The number of nitrogens with one attached hydrogen (secondary N) is 1. The van der Waals surface area contributed by atoms with Crippen LogP contribution in [0.1, 0.15) is 29.2 Å². The van der Waals surface area contributed by atoms with Crippen LogP contribution in [0.2, 0.25) is 5.02 Å². The van der Waals surface area contributed by atoms with Gasteiger partial charge in [0.15, 0.2) is 11.4 Å². The lowest BCUT2D eigenvalue weighted by molar-refractivity contribution is -0.894. The van der Waals surface area contributed by atoms with Gasteiger partial charge in [-0.05, 0) is 35.4 Å². The summed E-state index contributed by atoms with van der Waals surface area (Å²) in [6.07, 6.45) is 2.82. The van der Waals surface area contributed by atoms with Crippen LogP contribution in [-0.4, -0.2) is 29.4 Å². The Kier molecular flexibility index (Phi) is 7.89. The Morgan fingerprint density at radius 3 is 2.15 bits per heavy atom. The van der Waals surface area contributed by atoms with E-state index in [4.69, 9.17) is 16.0 Å². The lowest BCUT2D eigenvalue weighted by Crippen LogP contribution is -3.07. The maximum atomic E-state index is 11.8. The van der Waals surface area contributed by atoms with E-state index in [0.717, 1.165) is 40.6 Å². The first-order chi connectivity index (χ1) is 16.1. The molecule has 2 N–H and O–H groups in total. The first-order valence-corrected chi connectivity index (χ1v) is 12.4. The third-order valence-corrected chi connectivity index (χ3v) is 6.90. The summed E-state index contributed by atoms with van der Waals surface area (Å²) in [6, 6.07) is 27.0. The Bertz CT molecular complexity index is 1090. The predicted molar refractivity (Wildman–Crippen MR) is 134 cm³/mol. The first kappa shape index (κ1) is 23.6. The van der Waals surface area contributed by atoms with Crippen LogP contribution in [0.4, 0.5) is 0 Å². The van der Waals surface area contributed by atoms with Gasteiger partial charge in [0, 0.05) is 22.1 Å². The summed E-state index contributed by atoms with van der Waals surface area (Å²) in [5.41, 5.74) is 0.0122. The molecule has 1 aromatic heterocycles. The van der Waals surface area contributed by atoms with Crippen molar-refractivity contribution in [3.63, 3.8) is 0 Å². The maximum absolute atomic E-state index is 11.8. The molecule has 0 fully saturated rings. The number of oxazole rings is 1. The van der Waals surface area contributed by atoms with E-state index in [9.17, 15) is 5.11 Å². The standard InChI is InChI=1S/C27H27ClN2O2S/c1-30(17-8-18-33-25-15-13-23(28)14-16-25)20-24-19-29-26(32-24)27(31,21-9-4-2-5-10-21)22-11-6-3-7-12-22/h2-7,9-16,19,31H,8,17-18,20H2,1H3/p+1. The SMILES string of the molecule is C[NH+](CCCSc1ccc(Cl)cc1)Cc1cnc(C(O)(c2ccccc2)c2ccccc2)o1.